The van der Waals surface area contributed by atoms with Gasteiger partial charge in [0.05, 0.1) is 12.1 Å². The van der Waals surface area contributed by atoms with E-state index in [4.69, 9.17) is 0 Å². The summed E-state index contributed by atoms with van der Waals surface area (Å²) >= 11 is 0. The number of rotatable bonds is 8. The lowest BCUT2D eigenvalue weighted by atomic mass is 9.91. The molecule has 26 heavy (non-hydrogen) atoms. The maximum atomic E-state index is 12.2. The summed E-state index contributed by atoms with van der Waals surface area (Å²) in [5.74, 6) is -0.00226. The first-order valence-electron chi connectivity index (χ1n) is 10.3. The van der Waals surface area contributed by atoms with Crippen LogP contribution in [0, 0.1) is 0 Å². The van der Waals surface area contributed by atoms with Crippen LogP contribution in [0.15, 0.2) is 4.79 Å². The van der Waals surface area contributed by atoms with Crippen LogP contribution < -0.4 is 16.2 Å². The smallest absolute Gasteiger partial charge is 0.267 e. The third kappa shape index (κ3) is 5.40. The zero-order chi connectivity index (χ0) is 18.2. The van der Waals surface area contributed by atoms with Gasteiger partial charge in [0.2, 0.25) is 5.91 Å². The molecule has 6 nitrogen and oxygen atoms in total. The highest BCUT2D eigenvalue weighted by molar-refractivity contribution is 5.78. The predicted octanol–water partition coefficient (Wildman–Crippen LogP) is 2.01. The van der Waals surface area contributed by atoms with E-state index in [2.05, 4.69) is 20.8 Å². The van der Waals surface area contributed by atoms with Gasteiger partial charge >= 0.3 is 0 Å². The van der Waals surface area contributed by atoms with Gasteiger partial charge in [-0.3, -0.25) is 9.59 Å². The quantitative estimate of drug-likeness (QED) is 0.619. The number of nitrogens with zero attached hydrogens (tertiary/aromatic N) is 1. The molecular weight excluding hydrogens is 328 g/mol. The Morgan fingerprint density at radius 1 is 1.00 bits per heavy atom. The summed E-state index contributed by atoms with van der Waals surface area (Å²) < 4.78 is 0. The molecule has 1 aromatic heterocycles. The van der Waals surface area contributed by atoms with E-state index in [1.165, 1.54) is 32.1 Å². The molecule has 6 heteroatoms. The number of hydrogen-bond acceptors (Lipinski definition) is 4. The van der Waals surface area contributed by atoms with Crippen LogP contribution in [0.5, 0.6) is 0 Å². The van der Waals surface area contributed by atoms with Crippen LogP contribution in [0.2, 0.25) is 0 Å². The molecule has 0 radical (unpaired) electrons. The molecule has 3 N–H and O–H groups in total. The van der Waals surface area contributed by atoms with Crippen LogP contribution in [0.25, 0.3) is 0 Å². The third-order valence-corrected chi connectivity index (χ3v) is 5.67. The summed E-state index contributed by atoms with van der Waals surface area (Å²) in [7, 11) is 0. The molecule has 0 aromatic carbocycles. The number of H-pyrrole nitrogens is 1. The summed E-state index contributed by atoms with van der Waals surface area (Å²) in [6.45, 7) is 1.74. The van der Waals surface area contributed by atoms with Gasteiger partial charge in [-0.25, -0.2) is 5.10 Å². The third-order valence-electron chi connectivity index (χ3n) is 5.67. The molecule has 0 aliphatic heterocycles. The minimum Gasteiger partial charge on any atom is -0.356 e. The minimum absolute atomic E-state index is 0.00226. The number of carbonyl (C=O) groups excluding carboxylic acids is 1. The van der Waals surface area contributed by atoms with E-state index in [9.17, 15) is 9.59 Å². The Bertz CT molecular complexity index is 650. The van der Waals surface area contributed by atoms with Crippen LogP contribution in [0.4, 0.5) is 0 Å². The normalized spacial score (nSPS) is 17.7. The molecule has 3 rings (SSSR count). The van der Waals surface area contributed by atoms with Gasteiger partial charge in [0.15, 0.2) is 0 Å². The molecule has 0 spiro atoms. The molecule has 1 heterocycles. The average Bonchev–Trinajstić information content (AvgIpc) is 2.68. The topological polar surface area (TPSA) is 86.9 Å². The molecule has 0 bridgehead atoms. The predicted molar refractivity (Wildman–Crippen MR) is 102 cm³/mol. The lowest BCUT2D eigenvalue weighted by Crippen LogP contribution is -2.32. The Morgan fingerprint density at radius 2 is 1.73 bits per heavy atom. The van der Waals surface area contributed by atoms with Crippen LogP contribution in [0.3, 0.4) is 0 Å². The van der Waals surface area contributed by atoms with Crippen molar-refractivity contribution in [3.05, 3.63) is 27.2 Å². The number of fused-ring (bicyclic) bond motifs is 1. The summed E-state index contributed by atoms with van der Waals surface area (Å²) in [6, 6.07) is 0.704. The van der Waals surface area contributed by atoms with Crippen molar-refractivity contribution >= 4 is 5.91 Å². The van der Waals surface area contributed by atoms with Gasteiger partial charge in [-0.2, -0.15) is 5.10 Å². The number of unbranched alkanes of at least 4 members (excludes halogenated alkanes) is 1. The summed E-state index contributed by atoms with van der Waals surface area (Å²) in [4.78, 5) is 24.1. The molecule has 1 amide bonds. The SMILES string of the molecule is O=C(Cc1n[nH]c(=O)c2c1CCCC2)NCCCCNC1CCCCC1. The van der Waals surface area contributed by atoms with E-state index < -0.39 is 0 Å². The molecule has 2 aliphatic rings. The first kappa shape index (κ1) is 19.1. The highest BCUT2D eigenvalue weighted by atomic mass is 16.1. The van der Waals surface area contributed by atoms with Crippen molar-refractivity contribution in [1.82, 2.24) is 20.8 Å². The number of aromatic amines is 1. The van der Waals surface area contributed by atoms with Crippen molar-refractivity contribution in [2.45, 2.75) is 83.1 Å². The van der Waals surface area contributed by atoms with Crippen molar-refractivity contribution in [3.8, 4) is 0 Å². The second-order valence-electron chi connectivity index (χ2n) is 7.69. The fourth-order valence-corrected chi connectivity index (χ4v) is 4.18. The van der Waals surface area contributed by atoms with Crippen molar-refractivity contribution in [1.29, 1.82) is 0 Å². The van der Waals surface area contributed by atoms with Gasteiger partial charge in [-0.05, 0) is 63.5 Å². The Labute approximate surface area is 155 Å². The van der Waals surface area contributed by atoms with E-state index >= 15 is 0 Å². The summed E-state index contributed by atoms with van der Waals surface area (Å²) in [5.41, 5.74) is 2.50. The molecule has 0 unspecified atom stereocenters. The molecule has 1 fully saturated rings. The van der Waals surface area contributed by atoms with Gasteiger partial charge in [-0.15, -0.1) is 0 Å². The zero-order valence-corrected chi connectivity index (χ0v) is 15.7. The number of hydrogen-bond donors (Lipinski definition) is 3. The standard InChI is InChI=1S/C20H32N4O2/c25-19(22-13-7-6-12-21-15-8-2-1-3-9-15)14-18-16-10-4-5-11-17(16)20(26)24-23-18/h15,21H,1-14H2,(H,22,25)(H,24,26). The van der Waals surface area contributed by atoms with Crippen molar-refractivity contribution in [3.63, 3.8) is 0 Å². The molecule has 2 aliphatic carbocycles. The summed E-state index contributed by atoms with van der Waals surface area (Å²) in [6.07, 6.45) is 12.8. The summed E-state index contributed by atoms with van der Waals surface area (Å²) in [5, 5.41) is 13.3. The fraction of sp³-hybridized carbons (Fsp3) is 0.750. The molecule has 0 atom stereocenters. The van der Waals surface area contributed by atoms with Crippen LogP contribution in [0.1, 0.15) is 74.6 Å². The van der Waals surface area contributed by atoms with Gasteiger partial charge in [0.25, 0.3) is 5.56 Å². The number of nitrogens with one attached hydrogen (secondary N) is 3. The van der Waals surface area contributed by atoms with Gasteiger partial charge < -0.3 is 10.6 Å². The second kappa shape index (κ2) is 9.86. The lowest BCUT2D eigenvalue weighted by molar-refractivity contribution is -0.120. The first-order chi connectivity index (χ1) is 12.7. The average molecular weight is 361 g/mol. The Morgan fingerprint density at radius 3 is 2.54 bits per heavy atom. The maximum absolute atomic E-state index is 12.2. The van der Waals surface area contributed by atoms with E-state index in [0.717, 1.165) is 61.9 Å². The van der Waals surface area contributed by atoms with Gasteiger partial charge in [0, 0.05) is 18.2 Å². The van der Waals surface area contributed by atoms with E-state index in [0.29, 0.717) is 12.6 Å². The first-order valence-corrected chi connectivity index (χ1v) is 10.3. The van der Waals surface area contributed by atoms with Crippen molar-refractivity contribution in [2.75, 3.05) is 13.1 Å². The van der Waals surface area contributed by atoms with Crippen molar-refractivity contribution in [2.24, 2.45) is 0 Å². The monoisotopic (exact) mass is 360 g/mol. The highest BCUT2D eigenvalue weighted by Crippen LogP contribution is 2.20. The molecular formula is C20H32N4O2. The second-order valence-corrected chi connectivity index (χ2v) is 7.69. The Kier molecular flexibility index (Phi) is 7.23. The van der Waals surface area contributed by atoms with E-state index in [1.807, 2.05) is 0 Å². The van der Waals surface area contributed by atoms with E-state index in [1.54, 1.807) is 0 Å². The highest BCUT2D eigenvalue weighted by Gasteiger charge is 2.19. The zero-order valence-electron chi connectivity index (χ0n) is 15.7. The number of carbonyl (C=O) groups is 1. The molecule has 144 valence electrons. The Hall–Kier alpha value is -1.69. The van der Waals surface area contributed by atoms with Gasteiger partial charge in [0.1, 0.15) is 0 Å². The van der Waals surface area contributed by atoms with E-state index in [-0.39, 0.29) is 17.9 Å². The fourth-order valence-electron chi connectivity index (χ4n) is 4.18. The molecule has 1 saturated carbocycles. The minimum atomic E-state index is -0.0886. The molecule has 0 saturated heterocycles. The van der Waals surface area contributed by atoms with Crippen LogP contribution in [-0.4, -0.2) is 35.2 Å². The largest absolute Gasteiger partial charge is 0.356 e. The Balaban J connectivity index is 1.35. The number of amides is 1. The van der Waals surface area contributed by atoms with Crippen LogP contribution >= 0.6 is 0 Å². The number of aromatic nitrogens is 2. The van der Waals surface area contributed by atoms with Gasteiger partial charge in [-0.1, -0.05) is 19.3 Å². The molecule has 1 aromatic rings. The maximum Gasteiger partial charge on any atom is 0.267 e. The van der Waals surface area contributed by atoms with Crippen molar-refractivity contribution < 1.29 is 4.79 Å². The lowest BCUT2D eigenvalue weighted by Gasteiger charge is -2.22. The van der Waals surface area contributed by atoms with Crippen LogP contribution in [-0.2, 0) is 24.1 Å².